The number of nitrogens with zero attached hydrogens (tertiary/aromatic N) is 3. The van der Waals surface area contributed by atoms with Crippen LogP contribution in [0, 0.1) is 0 Å². The van der Waals surface area contributed by atoms with Crippen LogP contribution >= 0.6 is 22.7 Å². The molecule has 9 heteroatoms. The number of carbonyl (C=O) groups is 1. The van der Waals surface area contributed by atoms with Gasteiger partial charge in [-0.1, -0.05) is 6.07 Å². The van der Waals surface area contributed by atoms with Crippen LogP contribution in [0.5, 0.6) is 11.5 Å². The van der Waals surface area contributed by atoms with E-state index in [1.54, 1.807) is 23.1 Å². The number of aromatic nitrogens is 3. The highest BCUT2D eigenvalue weighted by Gasteiger charge is 2.17. The Balaban J connectivity index is 1.34. The van der Waals surface area contributed by atoms with Gasteiger partial charge in [0.25, 0.3) is 0 Å². The molecule has 1 aliphatic rings. The third-order valence-electron chi connectivity index (χ3n) is 4.45. The largest absolute Gasteiger partial charge is 0.454 e. The van der Waals surface area contributed by atoms with E-state index in [1.807, 2.05) is 47.2 Å². The number of hydrogen-bond acceptors (Lipinski definition) is 7. The summed E-state index contributed by atoms with van der Waals surface area (Å²) in [7, 11) is 1.80. The summed E-state index contributed by atoms with van der Waals surface area (Å²) < 4.78 is 12.5. The van der Waals surface area contributed by atoms with Crippen molar-refractivity contribution in [3.05, 3.63) is 52.0 Å². The maximum atomic E-state index is 12.3. The van der Waals surface area contributed by atoms with Crippen molar-refractivity contribution in [2.45, 2.75) is 6.42 Å². The molecule has 0 bridgehead atoms. The molecule has 29 heavy (non-hydrogen) atoms. The van der Waals surface area contributed by atoms with Gasteiger partial charge in [-0.25, -0.2) is 4.98 Å². The minimum atomic E-state index is -0.0674. The maximum absolute atomic E-state index is 12.3. The van der Waals surface area contributed by atoms with Crippen LogP contribution in [0.25, 0.3) is 22.0 Å². The second-order valence-electron chi connectivity index (χ2n) is 6.45. The number of ether oxygens (including phenoxy) is 2. The van der Waals surface area contributed by atoms with Crippen LogP contribution in [0.15, 0.2) is 47.2 Å². The molecule has 1 N–H and O–H groups in total. The molecule has 7 nitrogen and oxygen atoms in total. The van der Waals surface area contributed by atoms with Crippen LogP contribution in [0.1, 0.15) is 4.88 Å². The number of rotatable bonds is 5. The van der Waals surface area contributed by atoms with Crippen molar-refractivity contribution in [3.8, 4) is 33.5 Å². The smallest absolute Gasteiger partial charge is 0.231 e. The predicted octanol–water partition coefficient (Wildman–Crippen LogP) is 4.18. The van der Waals surface area contributed by atoms with E-state index in [1.165, 1.54) is 11.3 Å². The fourth-order valence-corrected chi connectivity index (χ4v) is 4.51. The minimum Gasteiger partial charge on any atom is -0.454 e. The Morgan fingerprint density at radius 1 is 1.17 bits per heavy atom. The van der Waals surface area contributed by atoms with E-state index < -0.39 is 0 Å². The molecule has 0 saturated heterocycles. The van der Waals surface area contributed by atoms with Crippen molar-refractivity contribution in [3.63, 3.8) is 0 Å². The number of thiazole rings is 1. The van der Waals surface area contributed by atoms with Gasteiger partial charge in [-0.15, -0.1) is 22.7 Å². The quantitative estimate of drug-likeness (QED) is 0.520. The van der Waals surface area contributed by atoms with Crippen LogP contribution < -0.4 is 14.8 Å². The number of benzene rings is 1. The van der Waals surface area contributed by atoms with Crippen LogP contribution in [-0.4, -0.2) is 27.5 Å². The van der Waals surface area contributed by atoms with Crippen molar-refractivity contribution in [2.75, 3.05) is 12.1 Å². The van der Waals surface area contributed by atoms with Crippen LogP contribution in [0.4, 0.5) is 5.82 Å². The third kappa shape index (κ3) is 3.62. The lowest BCUT2D eigenvalue weighted by Gasteiger charge is -2.03. The highest BCUT2D eigenvalue weighted by Crippen LogP contribution is 2.37. The predicted molar refractivity (Wildman–Crippen MR) is 113 cm³/mol. The molecule has 1 aliphatic heterocycles. The van der Waals surface area contributed by atoms with E-state index in [-0.39, 0.29) is 12.7 Å². The van der Waals surface area contributed by atoms with Crippen LogP contribution in [0.2, 0.25) is 0 Å². The molecule has 1 amide bonds. The van der Waals surface area contributed by atoms with E-state index in [0.717, 1.165) is 38.3 Å². The summed E-state index contributed by atoms with van der Waals surface area (Å²) in [5.74, 6) is 2.05. The summed E-state index contributed by atoms with van der Waals surface area (Å²) in [4.78, 5) is 18.0. The molecule has 0 spiro atoms. The maximum Gasteiger partial charge on any atom is 0.231 e. The fourth-order valence-electron chi connectivity index (χ4n) is 3.03. The molecule has 4 heterocycles. The topological polar surface area (TPSA) is 78.3 Å². The van der Waals surface area contributed by atoms with Gasteiger partial charge in [0.05, 0.1) is 12.1 Å². The second-order valence-corrected chi connectivity index (χ2v) is 8.34. The summed E-state index contributed by atoms with van der Waals surface area (Å²) in [6.07, 6.45) is 0.351. The number of thiophene rings is 1. The Morgan fingerprint density at radius 3 is 2.93 bits per heavy atom. The molecular weight excluding hydrogens is 408 g/mol. The standard InChI is InChI=1S/C20H16N4O3S2/c1-24-18(22-19(25)8-13-3-2-6-28-13)9-14(23-24)20-21-15(10-29-20)12-4-5-16-17(7-12)27-11-26-16/h2-7,9-10H,8,11H2,1H3,(H,22,25). The normalized spacial score (nSPS) is 12.3. The zero-order valence-electron chi connectivity index (χ0n) is 15.4. The van der Waals surface area contributed by atoms with Crippen molar-refractivity contribution in [1.82, 2.24) is 14.8 Å². The van der Waals surface area contributed by atoms with Gasteiger partial charge in [0.1, 0.15) is 16.5 Å². The van der Waals surface area contributed by atoms with Gasteiger partial charge >= 0.3 is 0 Å². The number of hydrogen-bond donors (Lipinski definition) is 1. The highest BCUT2D eigenvalue weighted by molar-refractivity contribution is 7.13. The molecule has 3 aromatic heterocycles. The first-order valence-electron chi connectivity index (χ1n) is 8.88. The van der Waals surface area contributed by atoms with Gasteiger partial charge in [0.15, 0.2) is 11.5 Å². The number of anilines is 1. The van der Waals surface area contributed by atoms with Crippen molar-refractivity contribution < 1.29 is 14.3 Å². The van der Waals surface area contributed by atoms with Gasteiger partial charge in [0.2, 0.25) is 12.7 Å². The highest BCUT2D eigenvalue weighted by atomic mass is 32.1. The Labute approximate surface area is 174 Å². The average molecular weight is 425 g/mol. The van der Waals surface area contributed by atoms with Gasteiger partial charge in [-0.3, -0.25) is 9.48 Å². The lowest BCUT2D eigenvalue weighted by Crippen LogP contribution is -2.16. The first-order valence-corrected chi connectivity index (χ1v) is 10.6. The monoisotopic (exact) mass is 424 g/mol. The zero-order chi connectivity index (χ0) is 19.8. The number of nitrogens with one attached hydrogen (secondary N) is 1. The van der Waals surface area contributed by atoms with Gasteiger partial charge in [0, 0.05) is 28.9 Å². The molecule has 4 aromatic rings. The van der Waals surface area contributed by atoms with Gasteiger partial charge in [-0.05, 0) is 29.6 Å². The Bertz CT molecular complexity index is 1180. The molecule has 0 unspecified atom stereocenters. The third-order valence-corrected chi connectivity index (χ3v) is 6.20. The summed E-state index contributed by atoms with van der Waals surface area (Å²) >= 11 is 3.07. The van der Waals surface area contributed by atoms with E-state index >= 15 is 0 Å². The fraction of sp³-hybridized carbons (Fsp3) is 0.150. The molecule has 0 saturated carbocycles. The Hall–Kier alpha value is -3.17. The number of aryl methyl sites for hydroxylation is 1. The van der Waals surface area contributed by atoms with Gasteiger partial charge in [-0.2, -0.15) is 5.10 Å². The Kier molecular flexibility index (Phi) is 4.53. The molecular formula is C20H16N4O3S2. The first-order chi connectivity index (χ1) is 14.2. The number of fused-ring (bicyclic) bond motifs is 1. The van der Waals surface area contributed by atoms with Crippen LogP contribution in [0.3, 0.4) is 0 Å². The van der Waals surface area contributed by atoms with Crippen molar-refractivity contribution >= 4 is 34.4 Å². The molecule has 0 atom stereocenters. The zero-order valence-corrected chi connectivity index (χ0v) is 17.0. The summed E-state index contributed by atoms with van der Waals surface area (Å²) in [6.45, 7) is 0.246. The lowest BCUT2D eigenvalue weighted by atomic mass is 10.1. The molecule has 0 radical (unpaired) electrons. The van der Waals surface area contributed by atoms with Crippen LogP contribution in [-0.2, 0) is 18.3 Å². The number of amides is 1. The first kappa shape index (κ1) is 17.9. The molecule has 0 fully saturated rings. The summed E-state index contributed by atoms with van der Waals surface area (Å²) in [6, 6.07) is 11.5. The van der Waals surface area contributed by atoms with E-state index in [9.17, 15) is 4.79 Å². The molecule has 5 rings (SSSR count). The minimum absolute atomic E-state index is 0.0674. The number of carbonyl (C=O) groups excluding carboxylic acids is 1. The van der Waals surface area contributed by atoms with E-state index in [2.05, 4.69) is 10.4 Å². The molecule has 0 aliphatic carbocycles. The van der Waals surface area contributed by atoms with Gasteiger partial charge < -0.3 is 14.8 Å². The second kappa shape index (κ2) is 7.34. The molecule has 1 aromatic carbocycles. The SMILES string of the molecule is Cn1nc(-c2nc(-c3ccc4c(c3)OCO4)cs2)cc1NC(=O)Cc1cccs1. The Morgan fingerprint density at radius 2 is 2.07 bits per heavy atom. The van der Waals surface area contributed by atoms with E-state index in [0.29, 0.717) is 12.2 Å². The average Bonchev–Trinajstić information content (AvgIpc) is 3.49. The summed E-state index contributed by atoms with van der Waals surface area (Å²) in [5, 5.41) is 12.2. The van der Waals surface area contributed by atoms with Crippen molar-refractivity contribution in [1.29, 1.82) is 0 Å². The summed E-state index contributed by atoms with van der Waals surface area (Å²) in [5.41, 5.74) is 2.52. The lowest BCUT2D eigenvalue weighted by molar-refractivity contribution is -0.115. The van der Waals surface area contributed by atoms with Crippen molar-refractivity contribution in [2.24, 2.45) is 7.05 Å². The van der Waals surface area contributed by atoms with E-state index in [4.69, 9.17) is 14.5 Å². The molecule has 146 valence electrons.